The maximum Gasteiger partial charge on any atom is 0.0554 e. The fourth-order valence-corrected chi connectivity index (χ4v) is 1.37. The van der Waals surface area contributed by atoms with E-state index in [2.05, 4.69) is 15.9 Å². The van der Waals surface area contributed by atoms with Crippen LogP contribution in [0.5, 0.6) is 0 Å². The zero-order chi connectivity index (χ0) is 9.68. The maximum absolute atomic E-state index is 5.92. The fraction of sp³-hybridized carbons (Fsp3) is 0.200. The molecular weight excluding hydrogens is 249 g/mol. The van der Waals surface area contributed by atoms with Crippen molar-refractivity contribution in [2.45, 2.75) is 6.42 Å². The van der Waals surface area contributed by atoms with Crippen LogP contribution < -0.4 is 5.73 Å². The Morgan fingerprint density at radius 3 is 2.85 bits per heavy atom. The average molecular weight is 261 g/mol. The lowest BCUT2D eigenvalue weighted by atomic mass is 10.2. The first-order valence-corrected chi connectivity index (χ1v) is 5.23. The molecule has 70 valence electrons. The topological polar surface area (TPSA) is 26.0 Å². The quantitative estimate of drug-likeness (QED) is 0.885. The van der Waals surface area contributed by atoms with Crippen molar-refractivity contribution >= 4 is 33.6 Å². The van der Waals surface area contributed by atoms with Crippen molar-refractivity contribution in [2.75, 3.05) is 6.54 Å². The van der Waals surface area contributed by atoms with E-state index in [0.717, 1.165) is 21.5 Å². The number of rotatable bonds is 3. The van der Waals surface area contributed by atoms with Gasteiger partial charge >= 0.3 is 0 Å². The zero-order valence-electron chi connectivity index (χ0n) is 7.13. The van der Waals surface area contributed by atoms with E-state index in [0.29, 0.717) is 6.54 Å². The summed E-state index contributed by atoms with van der Waals surface area (Å²) >= 11 is 9.26. The van der Waals surface area contributed by atoms with Gasteiger partial charge in [0.1, 0.15) is 0 Å². The van der Waals surface area contributed by atoms with Crippen LogP contribution in [0.2, 0.25) is 5.02 Å². The largest absolute Gasteiger partial charge is 0.330 e. The smallest absolute Gasteiger partial charge is 0.0554 e. The Kier molecular flexibility index (Phi) is 4.50. The van der Waals surface area contributed by atoms with E-state index in [9.17, 15) is 0 Å². The molecule has 13 heavy (non-hydrogen) atoms. The molecule has 3 heteroatoms. The molecule has 0 heterocycles. The first-order valence-electron chi connectivity index (χ1n) is 4.05. The highest BCUT2D eigenvalue weighted by atomic mass is 79.9. The van der Waals surface area contributed by atoms with Crippen LogP contribution in [0.4, 0.5) is 0 Å². The van der Waals surface area contributed by atoms with E-state index >= 15 is 0 Å². The van der Waals surface area contributed by atoms with Crippen molar-refractivity contribution in [3.63, 3.8) is 0 Å². The van der Waals surface area contributed by atoms with Gasteiger partial charge in [0, 0.05) is 4.47 Å². The van der Waals surface area contributed by atoms with Gasteiger partial charge in [0.2, 0.25) is 0 Å². The molecule has 0 fully saturated rings. The molecule has 0 radical (unpaired) electrons. The lowest BCUT2D eigenvalue weighted by molar-refractivity contribution is 1.01. The summed E-state index contributed by atoms with van der Waals surface area (Å²) in [5, 5.41) is 0.731. The van der Waals surface area contributed by atoms with E-state index in [-0.39, 0.29) is 0 Å². The van der Waals surface area contributed by atoms with Crippen molar-refractivity contribution in [2.24, 2.45) is 5.73 Å². The van der Waals surface area contributed by atoms with Crippen LogP contribution in [0.3, 0.4) is 0 Å². The Morgan fingerprint density at radius 2 is 2.23 bits per heavy atom. The summed E-state index contributed by atoms with van der Waals surface area (Å²) in [5.74, 6) is 0. The van der Waals surface area contributed by atoms with Crippen LogP contribution in [0.15, 0.2) is 28.7 Å². The van der Waals surface area contributed by atoms with Gasteiger partial charge in [0.25, 0.3) is 0 Å². The minimum atomic E-state index is 0.681. The summed E-state index contributed by atoms with van der Waals surface area (Å²) in [6.45, 7) is 0.681. The highest BCUT2D eigenvalue weighted by Crippen LogP contribution is 2.23. The third-order valence-corrected chi connectivity index (χ3v) is 2.82. The number of hydrogen-bond acceptors (Lipinski definition) is 1. The monoisotopic (exact) mass is 259 g/mol. The van der Waals surface area contributed by atoms with Crippen LogP contribution in [-0.4, -0.2) is 6.54 Å². The average Bonchev–Trinajstić information content (AvgIpc) is 2.12. The summed E-state index contributed by atoms with van der Waals surface area (Å²) < 4.78 is 0.921. The molecule has 0 saturated carbocycles. The molecular formula is C10H11BrClN. The Balaban J connectivity index is 2.73. The molecule has 0 unspecified atom stereocenters. The normalized spacial score (nSPS) is 11.0. The molecule has 0 aliphatic rings. The van der Waals surface area contributed by atoms with E-state index in [1.165, 1.54) is 0 Å². The molecule has 0 aliphatic heterocycles. The third kappa shape index (κ3) is 3.51. The van der Waals surface area contributed by atoms with E-state index in [1.807, 2.05) is 30.4 Å². The molecule has 2 N–H and O–H groups in total. The number of nitrogens with two attached hydrogens (primary N) is 1. The predicted octanol–water partition coefficient (Wildman–Crippen LogP) is 3.46. The highest BCUT2D eigenvalue weighted by molar-refractivity contribution is 9.10. The van der Waals surface area contributed by atoms with Crippen LogP contribution in [0.25, 0.3) is 6.08 Å². The Labute approximate surface area is 91.7 Å². The molecule has 0 atom stereocenters. The number of benzene rings is 1. The summed E-state index contributed by atoms with van der Waals surface area (Å²) in [5.41, 5.74) is 6.46. The lowest BCUT2D eigenvalue weighted by Gasteiger charge is -1.97. The second-order valence-corrected chi connectivity index (χ2v) is 3.91. The lowest BCUT2D eigenvalue weighted by Crippen LogP contribution is -1.94. The van der Waals surface area contributed by atoms with Crippen LogP contribution in [0.1, 0.15) is 12.0 Å². The van der Waals surface area contributed by atoms with E-state index < -0.39 is 0 Å². The molecule has 0 aromatic heterocycles. The standard InChI is InChI=1S/C10H11BrClN/c11-9-5-4-8(7-10(9)12)3-1-2-6-13/h1,3-5,7H,2,6,13H2. The van der Waals surface area contributed by atoms with Crippen LogP contribution in [-0.2, 0) is 0 Å². The molecule has 0 amide bonds. The van der Waals surface area contributed by atoms with E-state index in [4.69, 9.17) is 17.3 Å². The van der Waals surface area contributed by atoms with E-state index in [1.54, 1.807) is 0 Å². The first-order chi connectivity index (χ1) is 6.24. The minimum Gasteiger partial charge on any atom is -0.330 e. The minimum absolute atomic E-state index is 0.681. The highest BCUT2D eigenvalue weighted by Gasteiger charge is 1.95. The zero-order valence-corrected chi connectivity index (χ0v) is 9.48. The molecule has 0 saturated heterocycles. The van der Waals surface area contributed by atoms with Crippen molar-refractivity contribution < 1.29 is 0 Å². The summed E-state index contributed by atoms with van der Waals surface area (Å²) in [4.78, 5) is 0. The molecule has 1 rings (SSSR count). The van der Waals surface area contributed by atoms with Gasteiger partial charge in [-0.2, -0.15) is 0 Å². The predicted molar refractivity (Wildman–Crippen MR) is 61.9 cm³/mol. The molecule has 0 aliphatic carbocycles. The van der Waals surface area contributed by atoms with Crippen molar-refractivity contribution in [3.8, 4) is 0 Å². The summed E-state index contributed by atoms with van der Waals surface area (Å²) in [7, 11) is 0. The number of halogens is 2. The van der Waals surface area contributed by atoms with Gasteiger partial charge in [-0.05, 0) is 46.6 Å². The Hall–Kier alpha value is -0.310. The fourth-order valence-electron chi connectivity index (χ4n) is 0.932. The second kappa shape index (κ2) is 5.43. The van der Waals surface area contributed by atoms with Gasteiger partial charge in [-0.1, -0.05) is 29.8 Å². The van der Waals surface area contributed by atoms with Crippen molar-refractivity contribution in [1.29, 1.82) is 0 Å². The molecule has 0 spiro atoms. The van der Waals surface area contributed by atoms with Gasteiger partial charge in [-0.3, -0.25) is 0 Å². The van der Waals surface area contributed by atoms with Crippen LogP contribution in [0, 0.1) is 0 Å². The van der Waals surface area contributed by atoms with Gasteiger partial charge in [-0.25, -0.2) is 0 Å². The molecule has 1 aromatic rings. The molecule has 1 aromatic carbocycles. The second-order valence-electron chi connectivity index (χ2n) is 2.65. The van der Waals surface area contributed by atoms with Crippen LogP contribution >= 0.6 is 27.5 Å². The molecule has 0 bridgehead atoms. The summed E-state index contributed by atoms with van der Waals surface area (Å²) in [6.07, 6.45) is 4.96. The van der Waals surface area contributed by atoms with Gasteiger partial charge in [0.05, 0.1) is 5.02 Å². The van der Waals surface area contributed by atoms with Crippen molar-refractivity contribution in [3.05, 3.63) is 39.3 Å². The number of hydrogen-bond donors (Lipinski definition) is 1. The molecule has 1 nitrogen and oxygen atoms in total. The third-order valence-electron chi connectivity index (χ3n) is 1.59. The first kappa shape index (κ1) is 10.8. The van der Waals surface area contributed by atoms with Crippen molar-refractivity contribution in [1.82, 2.24) is 0 Å². The van der Waals surface area contributed by atoms with Gasteiger partial charge in [0.15, 0.2) is 0 Å². The Bertz CT molecular complexity index is 310. The SMILES string of the molecule is NCCC=Cc1ccc(Br)c(Cl)c1. The van der Waals surface area contributed by atoms with Gasteiger partial charge < -0.3 is 5.73 Å². The van der Waals surface area contributed by atoms with Gasteiger partial charge in [-0.15, -0.1) is 0 Å². The summed E-state index contributed by atoms with van der Waals surface area (Å²) in [6, 6.07) is 5.85. The Morgan fingerprint density at radius 1 is 1.46 bits per heavy atom. The maximum atomic E-state index is 5.92.